The van der Waals surface area contributed by atoms with Crippen molar-refractivity contribution in [1.29, 1.82) is 0 Å². The molecule has 0 saturated heterocycles. The van der Waals surface area contributed by atoms with Gasteiger partial charge in [0.15, 0.2) is 0 Å². The highest BCUT2D eigenvalue weighted by Crippen LogP contribution is 2.26. The minimum Gasteiger partial charge on any atom is -0.472 e. The Balaban J connectivity index is 2.06. The average Bonchev–Trinajstić information content (AvgIpc) is 2.99. The molecule has 3 aromatic heterocycles. The maximum absolute atomic E-state index is 5.13. The van der Waals surface area contributed by atoms with Crippen LogP contribution in [0.5, 0.6) is 0 Å². The van der Waals surface area contributed by atoms with Gasteiger partial charge >= 0.3 is 0 Å². The van der Waals surface area contributed by atoms with Crippen LogP contribution in [0.3, 0.4) is 0 Å². The fraction of sp³-hybridized carbons (Fsp3) is 0.154. The molecule has 17 heavy (non-hydrogen) atoms. The molecule has 3 aromatic rings. The van der Waals surface area contributed by atoms with Crippen molar-refractivity contribution >= 4 is 21.6 Å². The van der Waals surface area contributed by atoms with Crippen LogP contribution < -0.4 is 5.32 Å². The second-order valence-electron chi connectivity index (χ2n) is 3.85. The van der Waals surface area contributed by atoms with Crippen LogP contribution in [-0.2, 0) is 0 Å². The van der Waals surface area contributed by atoms with E-state index in [1.165, 1.54) is 4.70 Å². The van der Waals surface area contributed by atoms with E-state index in [2.05, 4.69) is 21.7 Å². The minimum absolute atomic E-state index is 0.132. The van der Waals surface area contributed by atoms with E-state index in [0.29, 0.717) is 0 Å². The first-order chi connectivity index (χ1) is 8.38. The average molecular weight is 244 g/mol. The zero-order chi connectivity index (χ0) is 11.7. The highest BCUT2D eigenvalue weighted by molar-refractivity contribution is 7.17. The molecule has 0 radical (unpaired) electrons. The first kappa shape index (κ1) is 10.5. The summed E-state index contributed by atoms with van der Waals surface area (Å²) < 4.78 is 6.35. The number of rotatable bonds is 3. The van der Waals surface area contributed by atoms with E-state index in [1.54, 1.807) is 23.9 Å². The maximum atomic E-state index is 5.13. The SMILES string of the molecule is CNC(c1ccoc1)c1cnc2ccsc2c1. The molecular formula is C13H12N2OS. The maximum Gasteiger partial charge on any atom is 0.0953 e. The Hall–Kier alpha value is -1.65. The molecule has 4 heteroatoms. The highest BCUT2D eigenvalue weighted by Gasteiger charge is 2.14. The van der Waals surface area contributed by atoms with Crippen LogP contribution in [0.25, 0.3) is 10.2 Å². The molecule has 1 N–H and O–H groups in total. The summed E-state index contributed by atoms with van der Waals surface area (Å²) in [6.07, 6.45) is 5.37. The molecule has 3 heterocycles. The monoisotopic (exact) mass is 244 g/mol. The van der Waals surface area contributed by atoms with E-state index in [9.17, 15) is 0 Å². The summed E-state index contributed by atoms with van der Waals surface area (Å²) in [7, 11) is 1.94. The van der Waals surface area contributed by atoms with Gasteiger partial charge in [0.25, 0.3) is 0 Å². The van der Waals surface area contributed by atoms with E-state index in [-0.39, 0.29) is 6.04 Å². The summed E-state index contributed by atoms with van der Waals surface area (Å²) in [5.74, 6) is 0. The lowest BCUT2D eigenvalue weighted by Gasteiger charge is -2.14. The molecule has 0 aliphatic heterocycles. The van der Waals surface area contributed by atoms with Crippen LogP contribution in [0, 0.1) is 0 Å². The van der Waals surface area contributed by atoms with Crippen molar-refractivity contribution in [3.63, 3.8) is 0 Å². The van der Waals surface area contributed by atoms with Gasteiger partial charge in [0.1, 0.15) is 0 Å². The lowest BCUT2D eigenvalue weighted by Crippen LogP contribution is -2.17. The minimum atomic E-state index is 0.132. The molecule has 0 bridgehead atoms. The molecule has 0 saturated carbocycles. The number of aromatic nitrogens is 1. The summed E-state index contributed by atoms with van der Waals surface area (Å²) in [5.41, 5.74) is 3.33. The number of nitrogens with one attached hydrogen (secondary N) is 1. The summed E-state index contributed by atoms with van der Waals surface area (Å²) >= 11 is 1.71. The van der Waals surface area contributed by atoms with Gasteiger partial charge in [-0.15, -0.1) is 11.3 Å². The standard InChI is InChI=1S/C13H12N2OS/c1-14-13(9-2-4-16-8-9)10-6-12-11(15-7-10)3-5-17-12/h2-8,13-14H,1H3. The molecular weight excluding hydrogens is 232 g/mol. The van der Waals surface area contributed by atoms with Gasteiger partial charge in [0, 0.05) is 11.8 Å². The van der Waals surface area contributed by atoms with Gasteiger partial charge in [0.05, 0.1) is 28.8 Å². The predicted octanol–water partition coefficient (Wildman–Crippen LogP) is 3.20. The Labute approximate surface area is 103 Å². The zero-order valence-electron chi connectivity index (χ0n) is 9.38. The van der Waals surface area contributed by atoms with E-state index in [0.717, 1.165) is 16.6 Å². The zero-order valence-corrected chi connectivity index (χ0v) is 10.2. The lowest BCUT2D eigenvalue weighted by molar-refractivity contribution is 0.557. The molecule has 0 spiro atoms. The Bertz CT molecular complexity index is 615. The number of hydrogen-bond donors (Lipinski definition) is 1. The molecule has 86 valence electrons. The van der Waals surface area contributed by atoms with Gasteiger partial charge in [-0.2, -0.15) is 0 Å². The van der Waals surface area contributed by atoms with Crippen LogP contribution in [-0.4, -0.2) is 12.0 Å². The van der Waals surface area contributed by atoms with Crippen molar-refractivity contribution in [3.8, 4) is 0 Å². The fourth-order valence-corrected chi connectivity index (χ4v) is 2.77. The second kappa shape index (κ2) is 4.31. The number of pyridine rings is 1. The molecule has 0 fully saturated rings. The topological polar surface area (TPSA) is 38.1 Å². The Morgan fingerprint density at radius 2 is 2.29 bits per heavy atom. The van der Waals surface area contributed by atoms with Gasteiger partial charge < -0.3 is 9.73 Å². The molecule has 1 atom stereocenters. The molecule has 0 aromatic carbocycles. The Kier molecular flexibility index (Phi) is 2.66. The van der Waals surface area contributed by atoms with Gasteiger partial charge in [-0.05, 0) is 36.2 Å². The van der Waals surface area contributed by atoms with Crippen LogP contribution in [0.15, 0.2) is 46.7 Å². The number of furan rings is 1. The molecule has 1 unspecified atom stereocenters. The first-order valence-corrected chi connectivity index (χ1v) is 6.29. The number of thiophene rings is 1. The third-order valence-corrected chi connectivity index (χ3v) is 3.68. The summed E-state index contributed by atoms with van der Waals surface area (Å²) in [5, 5.41) is 5.35. The van der Waals surface area contributed by atoms with Crippen LogP contribution in [0.2, 0.25) is 0 Å². The third kappa shape index (κ3) is 1.85. The molecule has 0 amide bonds. The van der Waals surface area contributed by atoms with E-state index in [1.807, 2.05) is 25.4 Å². The van der Waals surface area contributed by atoms with Crippen LogP contribution in [0.4, 0.5) is 0 Å². The molecule has 0 aliphatic carbocycles. The van der Waals surface area contributed by atoms with Gasteiger partial charge in [-0.25, -0.2) is 0 Å². The van der Waals surface area contributed by atoms with Gasteiger partial charge in [0.2, 0.25) is 0 Å². The number of nitrogens with zero attached hydrogens (tertiary/aromatic N) is 1. The Morgan fingerprint density at radius 3 is 3.06 bits per heavy atom. The van der Waals surface area contributed by atoms with E-state index < -0.39 is 0 Å². The smallest absolute Gasteiger partial charge is 0.0953 e. The summed E-state index contributed by atoms with van der Waals surface area (Å²) in [4.78, 5) is 4.46. The summed E-state index contributed by atoms with van der Waals surface area (Å²) in [6, 6.07) is 6.32. The van der Waals surface area contributed by atoms with Crippen molar-refractivity contribution in [2.24, 2.45) is 0 Å². The largest absolute Gasteiger partial charge is 0.472 e. The van der Waals surface area contributed by atoms with Crippen molar-refractivity contribution in [1.82, 2.24) is 10.3 Å². The normalized spacial score (nSPS) is 13.0. The molecule has 3 nitrogen and oxygen atoms in total. The van der Waals surface area contributed by atoms with E-state index in [4.69, 9.17) is 4.42 Å². The van der Waals surface area contributed by atoms with Gasteiger partial charge in [-0.3, -0.25) is 4.98 Å². The van der Waals surface area contributed by atoms with Crippen molar-refractivity contribution in [2.75, 3.05) is 7.05 Å². The molecule has 3 rings (SSSR count). The third-order valence-electron chi connectivity index (χ3n) is 2.82. The number of fused-ring (bicyclic) bond motifs is 1. The van der Waals surface area contributed by atoms with Crippen LogP contribution in [0.1, 0.15) is 17.2 Å². The lowest BCUT2D eigenvalue weighted by atomic mass is 10.0. The van der Waals surface area contributed by atoms with E-state index >= 15 is 0 Å². The molecule has 0 aliphatic rings. The van der Waals surface area contributed by atoms with Crippen molar-refractivity contribution in [3.05, 3.63) is 53.4 Å². The van der Waals surface area contributed by atoms with Gasteiger partial charge in [-0.1, -0.05) is 0 Å². The quantitative estimate of drug-likeness (QED) is 0.769. The predicted molar refractivity (Wildman–Crippen MR) is 69.2 cm³/mol. The second-order valence-corrected chi connectivity index (χ2v) is 4.80. The van der Waals surface area contributed by atoms with Crippen molar-refractivity contribution in [2.45, 2.75) is 6.04 Å². The summed E-state index contributed by atoms with van der Waals surface area (Å²) in [6.45, 7) is 0. The highest BCUT2D eigenvalue weighted by atomic mass is 32.1. The van der Waals surface area contributed by atoms with Crippen molar-refractivity contribution < 1.29 is 4.42 Å². The number of hydrogen-bond acceptors (Lipinski definition) is 4. The Morgan fingerprint density at radius 1 is 1.35 bits per heavy atom. The van der Waals surface area contributed by atoms with Crippen LogP contribution >= 0.6 is 11.3 Å². The fourth-order valence-electron chi connectivity index (χ4n) is 1.98. The first-order valence-electron chi connectivity index (χ1n) is 5.41.